The van der Waals surface area contributed by atoms with Crippen molar-refractivity contribution < 1.29 is 4.79 Å². The van der Waals surface area contributed by atoms with Crippen LogP contribution in [0.25, 0.3) is 0 Å². The average Bonchev–Trinajstić information content (AvgIpc) is 2.09. The lowest BCUT2D eigenvalue weighted by Gasteiger charge is -2.08. The predicted molar refractivity (Wildman–Crippen MR) is 60.0 cm³/mol. The molecular formula is C9H10BrClN2O. The van der Waals surface area contributed by atoms with Gasteiger partial charge in [-0.3, -0.25) is 4.79 Å². The van der Waals surface area contributed by atoms with Gasteiger partial charge in [0.1, 0.15) is 0 Å². The lowest BCUT2D eigenvalue weighted by Crippen LogP contribution is -2.38. The summed E-state index contributed by atoms with van der Waals surface area (Å²) in [5.41, 5.74) is 11.4. The highest BCUT2D eigenvalue weighted by Crippen LogP contribution is 2.22. The first-order valence-electron chi connectivity index (χ1n) is 3.99. The number of primary amides is 1. The van der Waals surface area contributed by atoms with Crippen LogP contribution in [-0.4, -0.2) is 11.9 Å². The standard InChI is InChI=1S/C9H10BrClN2O/c10-6-2-1-5(7(11)4-6)3-8(12)9(13)14/h1-2,4,8H,3,12H2,(H2,13,14)/t8-/m0/s1. The van der Waals surface area contributed by atoms with Crippen molar-refractivity contribution in [2.75, 3.05) is 0 Å². The van der Waals surface area contributed by atoms with E-state index in [4.69, 9.17) is 23.1 Å². The lowest BCUT2D eigenvalue weighted by molar-refractivity contribution is -0.119. The number of hydrogen-bond donors (Lipinski definition) is 2. The van der Waals surface area contributed by atoms with Gasteiger partial charge in [-0.2, -0.15) is 0 Å². The van der Waals surface area contributed by atoms with Crippen LogP contribution >= 0.6 is 27.5 Å². The van der Waals surface area contributed by atoms with E-state index in [1.165, 1.54) is 0 Å². The molecule has 76 valence electrons. The first-order chi connectivity index (χ1) is 6.50. The molecule has 1 atom stereocenters. The molecule has 0 aliphatic rings. The summed E-state index contributed by atoms with van der Waals surface area (Å²) in [4.78, 5) is 10.7. The van der Waals surface area contributed by atoms with Crippen LogP contribution in [0.5, 0.6) is 0 Å². The van der Waals surface area contributed by atoms with Crippen molar-refractivity contribution in [3.8, 4) is 0 Å². The minimum atomic E-state index is -0.686. The van der Waals surface area contributed by atoms with Crippen LogP contribution in [0.4, 0.5) is 0 Å². The molecule has 14 heavy (non-hydrogen) atoms. The van der Waals surface area contributed by atoms with Crippen LogP contribution in [0.1, 0.15) is 5.56 Å². The van der Waals surface area contributed by atoms with Crippen LogP contribution in [0.15, 0.2) is 22.7 Å². The minimum Gasteiger partial charge on any atom is -0.368 e. The van der Waals surface area contributed by atoms with Crippen LogP contribution < -0.4 is 11.5 Å². The number of benzene rings is 1. The van der Waals surface area contributed by atoms with Crippen molar-refractivity contribution in [2.45, 2.75) is 12.5 Å². The molecule has 0 saturated heterocycles. The Hall–Kier alpha value is -0.580. The number of rotatable bonds is 3. The Balaban J connectivity index is 2.82. The molecule has 1 rings (SSSR count). The van der Waals surface area contributed by atoms with E-state index in [1.807, 2.05) is 12.1 Å². The summed E-state index contributed by atoms with van der Waals surface area (Å²) in [6.07, 6.45) is 0.363. The van der Waals surface area contributed by atoms with Gasteiger partial charge in [-0.1, -0.05) is 33.6 Å². The fourth-order valence-electron chi connectivity index (χ4n) is 1.02. The maximum absolute atomic E-state index is 10.7. The average molecular weight is 278 g/mol. The summed E-state index contributed by atoms with van der Waals surface area (Å²) in [7, 11) is 0. The summed E-state index contributed by atoms with van der Waals surface area (Å²) in [6.45, 7) is 0. The number of nitrogens with two attached hydrogens (primary N) is 2. The maximum Gasteiger partial charge on any atom is 0.234 e. The molecule has 5 heteroatoms. The Bertz CT molecular complexity index is 357. The minimum absolute atomic E-state index is 0.363. The topological polar surface area (TPSA) is 69.1 Å². The second-order valence-corrected chi connectivity index (χ2v) is 4.27. The zero-order valence-corrected chi connectivity index (χ0v) is 9.68. The molecule has 0 aliphatic carbocycles. The molecule has 1 aromatic carbocycles. The van der Waals surface area contributed by atoms with Crippen molar-refractivity contribution in [1.29, 1.82) is 0 Å². The Kier molecular flexibility index (Phi) is 3.92. The van der Waals surface area contributed by atoms with Gasteiger partial charge in [0.2, 0.25) is 5.91 Å². The van der Waals surface area contributed by atoms with E-state index in [-0.39, 0.29) is 0 Å². The predicted octanol–water partition coefficient (Wildman–Crippen LogP) is 1.46. The first-order valence-corrected chi connectivity index (χ1v) is 5.16. The fraction of sp³-hybridized carbons (Fsp3) is 0.222. The van der Waals surface area contributed by atoms with Gasteiger partial charge in [-0.05, 0) is 24.1 Å². The van der Waals surface area contributed by atoms with Gasteiger partial charge >= 0.3 is 0 Å². The molecular weight excluding hydrogens is 267 g/mol. The van der Waals surface area contributed by atoms with Gasteiger partial charge < -0.3 is 11.5 Å². The van der Waals surface area contributed by atoms with Crippen molar-refractivity contribution in [3.05, 3.63) is 33.3 Å². The molecule has 0 radical (unpaired) electrons. The van der Waals surface area contributed by atoms with E-state index >= 15 is 0 Å². The van der Waals surface area contributed by atoms with E-state index in [0.717, 1.165) is 10.0 Å². The van der Waals surface area contributed by atoms with Crippen molar-refractivity contribution >= 4 is 33.4 Å². The van der Waals surface area contributed by atoms with Gasteiger partial charge in [0, 0.05) is 9.50 Å². The molecule has 0 spiro atoms. The summed E-state index contributed by atoms with van der Waals surface area (Å²) in [6, 6.07) is 4.73. The number of halogens is 2. The van der Waals surface area contributed by atoms with Crippen molar-refractivity contribution in [1.82, 2.24) is 0 Å². The van der Waals surface area contributed by atoms with Gasteiger partial charge in [-0.25, -0.2) is 0 Å². The quantitative estimate of drug-likeness (QED) is 0.878. The molecule has 1 amide bonds. The molecule has 0 aliphatic heterocycles. The van der Waals surface area contributed by atoms with E-state index in [0.29, 0.717) is 11.4 Å². The zero-order chi connectivity index (χ0) is 10.7. The van der Waals surface area contributed by atoms with E-state index < -0.39 is 11.9 Å². The van der Waals surface area contributed by atoms with E-state index in [1.54, 1.807) is 6.07 Å². The third kappa shape index (κ3) is 2.97. The molecule has 3 nitrogen and oxygen atoms in total. The SMILES string of the molecule is NC(=O)[C@@H](N)Cc1ccc(Br)cc1Cl. The largest absolute Gasteiger partial charge is 0.368 e. The maximum atomic E-state index is 10.7. The third-order valence-electron chi connectivity index (χ3n) is 1.82. The van der Waals surface area contributed by atoms with E-state index in [9.17, 15) is 4.79 Å². The summed E-state index contributed by atoms with van der Waals surface area (Å²) < 4.78 is 0.888. The molecule has 0 heterocycles. The Morgan fingerprint density at radius 1 is 1.57 bits per heavy atom. The van der Waals surface area contributed by atoms with Crippen LogP contribution in [-0.2, 0) is 11.2 Å². The van der Waals surface area contributed by atoms with Gasteiger partial charge in [0.05, 0.1) is 6.04 Å². The van der Waals surface area contributed by atoms with Crippen molar-refractivity contribution in [3.63, 3.8) is 0 Å². The molecule has 1 aromatic rings. The molecule has 0 aromatic heterocycles. The normalized spacial score (nSPS) is 12.5. The molecule has 0 fully saturated rings. The smallest absolute Gasteiger partial charge is 0.234 e. The highest BCUT2D eigenvalue weighted by atomic mass is 79.9. The summed E-state index contributed by atoms with van der Waals surface area (Å²) in [5.74, 6) is -0.524. The first kappa shape index (κ1) is 11.5. The Labute approximate surface area is 95.5 Å². The number of carbonyl (C=O) groups is 1. The van der Waals surface area contributed by atoms with Crippen LogP contribution in [0.2, 0.25) is 5.02 Å². The monoisotopic (exact) mass is 276 g/mol. The second kappa shape index (κ2) is 4.77. The number of hydrogen-bond acceptors (Lipinski definition) is 2. The van der Waals surface area contributed by atoms with Gasteiger partial charge in [0.25, 0.3) is 0 Å². The summed E-state index contributed by atoms with van der Waals surface area (Å²) in [5, 5.41) is 0.580. The van der Waals surface area contributed by atoms with Crippen molar-refractivity contribution in [2.24, 2.45) is 11.5 Å². The molecule has 0 unspecified atom stereocenters. The Morgan fingerprint density at radius 2 is 2.21 bits per heavy atom. The van der Waals surface area contributed by atoms with Gasteiger partial charge in [0.15, 0.2) is 0 Å². The number of amides is 1. The fourth-order valence-corrected chi connectivity index (χ4v) is 1.78. The Morgan fingerprint density at radius 3 is 2.71 bits per heavy atom. The summed E-state index contributed by atoms with van der Waals surface area (Å²) >= 11 is 9.22. The third-order valence-corrected chi connectivity index (χ3v) is 2.67. The number of carbonyl (C=O) groups excluding carboxylic acids is 1. The lowest BCUT2D eigenvalue weighted by atomic mass is 10.1. The van der Waals surface area contributed by atoms with E-state index in [2.05, 4.69) is 15.9 Å². The molecule has 0 bridgehead atoms. The molecule has 4 N–H and O–H groups in total. The van der Waals surface area contributed by atoms with Crippen LogP contribution in [0.3, 0.4) is 0 Å². The highest BCUT2D eigenvalue weighted by molar-refractivity contribution is 9.10. The highest BCUT2D eigenvalue weighted by Gasteiger charge is 2.12. The zero-order valence-electron chi connectivity index (χ0n) is 7.34. The second-order valence-electron chi connectivity index (χ2n) is 2.95. The molecule has 0 saturated carbocycles. The van der Waals surface area contributed by atoms with Gasteiger partial charge in [-0.15, -0.1) is 0 Å². The van der Waals surface area contributed by atoms with Crippen LogP contribution in [0, 0.1) is 0 Å².